The number of nitrogens with zero attached hydrogens (tertiary/aromatic N) is 1. The van der Waals surface area contributed by atoms with Gasteiger partial charge in [-0.05, 0) is 38.7 Å². The van der Waals surface area contributed by atoms with E-state index in [9.17, 15) is 4.79 Å². The second kappa shape index (κ2) is 5.46. The van der Waals surface area contributed by atoms with E-state index in [-0.39, 0.29) is 11.9 Å². The van der Waals surface area contributed by atoms with Crippen LogP contribution in [0.15, 0.2) is 12.3 Å². The van der Waals surface area contributed by atoms with Gasteiger partial charge in [0.05, 0.1) is 5.69 Å². The maximum Gasteiger partial charge on any atom is 0.267 e. The van der Waals surface area contributed by atoms with Crippen LogP contribution in [0.4, 0.5) is 5.69 Å². The molecule has 4 nitrogen and oxygen atoms in total. The van der Waals surface area contributed by atoms with Crippen LogP contribution in [0.2, 0.25) is 0 Å². The third-order valence-electron chi connectivity index (χ3n) is 3.43. The Morgan fingerprint density at radius 3 is 2.89 bits per heavy atom. The van der Waals surface area contributed by atoms with Gasteiger partial charge in [-0.15, -0.1) is 0 Å². The van der Waals surface area contributed by atoms with Crippen molar-refractivity contribution < 1.29 is 4.79 Å². The zero-order chi connectivity index (χ0) is 13.1. The van der Waals surface area contributed by atoms with Crippen molar-refractivity contribution in [1.29, 1.82) is 0 Å². The van der Waals surface area contributed by atoms with E-state index in [1.807, 2.05) is 24.6 Å². The number of hydrogen-bond donors (Lipinski definition) is 2. The Balaban J connectivity index is 1.86. The van der Waals surface area contributed by atoms with Gasteiger partial charge in [-0.3, -0.25) is 4.79 Å². The molecule has 18 heavy (non-hydrogen) atoms. The van der Waals surface area contributed by atoms with Crippen LogP contribution < -0.4 is 11.1 Å². The third kappa shape index (κ3) is 3.28. The molecule has 0 unspecified atom stereocenters. The molecule has 1 aromatic heterocycles. The minimum atomic E-state index is -0.0174. The van der Waals surface area contributed by atoms with E-state index in [1.165, 1.54) is 19.3 Å². The molecular weight excluding hydrogens is 226 g/mol. The highest BCUT2D eigenvalue weighted by molar-refractivity contribution is 5.93. The summed E-state index contributed by atoms with van der Waals surface area (Å²) in [6, 6.07) is 1.99. The molecular formula is C14H23N3O. The van der Waals surface area contributed by atoms with Crippen LogP contribution in [-0.4, -0.2) is 17.0 Å². The van der Waals surface area contributed by atoms with E-state index in [0.717, 1.165) is 18.9 Å². The number of nitrogens with one attached hydrogen (secondary N) is 1. The molecule has 1 fully saturated rings. The highest BCUT2D eigenvalue weighted by Gasteiger charge is 2.20. The molecule has 1 aliphatic carbocycles. The number of nitrogen functional groups attached to an aromatic ring is 1. The number of nitrogens with two attached hydrogens (primary N) is 1. The normalized spacial score (nSPS) is 15.1. The predicted octanol–water partition coefficient (Wildman–Crippen LogP) is 2.57. The molecule has 1 amide bonds. The second-order valence-corrected chi connectivity index (χ2v) is 5.50. The number of amides is 1. The number of hydrogen-bond acceptors (Lipinski definition) is 2. The Morgan fingerprint density at radius 2 is 2.28 bits per heavy atom. The fraction of sp³-hybridized carbons (Fsp3) is 0.643. The van der Waals surface area contributed by atoms with Crippen molar-refractivity contribution >= 4 is 11.6 Å². The quantitative estimate of drug-likeness (QED) is 0.761. The Kier molecular flexibility index (Phi) is 3.94. The Morgan fingerprint density at radius 1 is 1.56 bits per heavy atom. The van der Waals surface area contributed by atoms with Crippen LogP contribution in [0.5, 0.6) is 0 Å². The van der Waals surface area contributed by atoms with E-state index in [0.29, 0.717) is 11.4 Å². The summed E-state index contributed by atoms with van der Waals surface area (Å²) in [6.45, 7) is 4.85. The molecule has 3 N–H and O–H groups in total. The lowest BCUT2D eigenvalue weighted by Gasteiger charge is -2.12. The number of carbonyl (C=O) groups excluding carboxylic acids is 1. The van der Waals surface area contributed by atoms with Crippen molar-refractivity contribution in [3.05, 3.63) is 18.0 Å². The average Bonchev–Trinajstić information content (AvgIpc) is 3.05. The highest BCUT2D eigenvalue weighted by Crippen LogP contribution is 2.33. The summed E-state index contributed by atoms with van der Waals surface area (Å²) in [5, 5.41) is 2.98. The van der Waals surface area contributed by atoms with Crippen molar-refractivity contribution in [3.63, 3.8) is 0 Å². The molecule has 100 valence electrons. The predicted molar refractivity (Wildman–Crippen MR) is 73.5 cm³/mol. The van der Waals surface area contributed by atoms with Crippen LogP contribution in [0.3, 0.4) is 0 Å². The topological polar surface area (TPSA) is 60.0 Å². The maximum absolute atomic E-state index is 12.1. The zero-order valence-electron chi connectivity index (χ0n) is 11.3. The fourth-order valence-electron chi connectivity index (χ4n) is 2.20. The summed E-state index contributed by atoms with van der Waals surface area (Å²) in [6.07, 6.45) is 6.90. The van der Waals surface area contributed by atoms with Gasteiger partial charge in [0.15, 0.2) is 0 Å². The Hall–Kier alpha value is -1.45. The minimum Gasteiger partial charge on any atom is -0.397 e. The monoisotopic (exact) mass is 249 g/mol. The summed E-state index contributed by atoms with van der Waals surface area (Å²) in [5.41, 5.74) is 7.06. The van der Waals surface area contributed by atoms with Gasteiger partial charge in [0.1, 0.15) is 5.69 Å². The molecule has 0 aliphatic heterocycles. The third-order valence-corrected chi connectivity index (χ3v) is 3.43. The van der Waals surface area contributed by atoms with Crippen LogP contribution >= 0.6 is 0 Å². The molecule has 1 saturated carbocycles. The first kappa shape index (κ1) is 13.0. The van der Waals surface area contributed by atoms with Crippen LogP contribution in [0.1, 0.15) is 56.1 Å². The molecule has 0 saturated heterocycles. The van der Waals surface area contributed by atoms with Crippen molar-refractivity contribution in [3.8, 4) is 0 Å². The van der Waals surface area contributed by atoms with Gasteiger partial charge in [-0.1, -0.05) is 12.8 Å². The van der Waals surface area contributed by atoms with Gasteiger partial charge in [0, 0.05) is 18.8 Å². The van der Waals surface area contributed by atoms with Gasteiger partial charge >= 0.3 is 0 Å². The standard InChI is InChI=1S/C14H23N3O/c1-10(2)17-9-12(15)8-13(17)14(18)16-7-3-4-11-5-6-11/h8-11H,3-7,15H2,1-2H3,(H,16,18). The number of rotatable bonds is 6. The van der Waals surface area contributed by atoms with Crippen LogP contribution in [0, 0.1) is 5.92 Å². The maximum atomic E-state index is 12.1. The van der Waals surface area contributed by atoms with Gasteiger partial charge in [0.25, 0.3) is 5.91 Å². The van der Waals surface area contributed by atoms with Gasteiger partial charge in [-0.2, -0.15) is 0 Å². The zero-order valence-corrected chi connectivity index (χ0v) is 11.3. The smallest absolute Gasteiger partial charge is 0.267 e. The van der Waals surface area contributed by atoms with Gasteiger partial charge in [0.2, 0.25) is 0 Å². The number of anilines is 1. The van der Waals surface area contributed by atoms with E-state index < -0.39 is 0 Å². The molecule has 0 atom stereocenters. The first-order valence-corrected chi connectivity index (χ1v) is 6.83. The van der Waals surface area contributed by atoms with E-state index >= 15 is 0 Å². The summed E-state index contributed by atoms with van der Waals surface area (Å²) in [7, 11) is 0. The first-order valence-electron chi connectivity index (χ1n) is 6.83. The molecule has 1 aliphatic rings. The lowest BCUT2D eigenvalue weighted by Crippen LogP contribution is -2.27. The minimum absolute atomic E-state index is 0.0174. The fourth-order valence-corrected chi connectivity index (χ4v) is 2.20. The van der Waals surface area contributed by atoms with Crippen molar-refractivity contribution in [2.24, 2.45) is 5.92 Å². The largest absolute Gasteiger partial charge is 0.397 e. The molecule has 0 spiro atoms. The average molecular weight is 249 g/mol. The van der Waals surface area contributed by atoms with Crippen LogP contribution in [0.25, 0.3) is 0 Å². The van der Waals surface area contributed by atoms with Gasteiger partial charge < -0.3 is 15.6 Å². The molecule has 4 heteroatoms. The van der Waals surface area contributed by atoms with Crippen molar-refractivity contribution in [2.75, 3.05) is 12.3 Å². The number of aromatic nitrogens is 1. The Labute approximate surface area is 109 Å². The Bertz CT molecular complexity index is 419. The summed E-state index contributed by atoms with van der Waals surface area (Å²) < 4.78 is 1.92. The number of carbonyl (C=O) groups is 1. The molecule has 1 aromatic rings. The molecule has 0 bridgehead atoms. The van der Waals surface area contributed by atoms with Gasteiger partial charge in [-0.25, -0.2) is 0 Å². The summed E-state index contributed by atoms with van der Waals surface area (Å²) >= 11 is 0. The van der Waals surface area contributed by atoms with Crippen molar-refractivity contribution in [2.45, 2.75) is 45.6 Å². The second-order valence-electron chi connectivity index (χ2n) is 5.50. The lowest BCUT2D eigenvalue weighted by molar-refractivity contribution is 0.0942. The van der Waals surface area contributed by atoms with Crippen molar-refractivity contribution in [1.82, 2.24) is 9.88 Å². The molecule has 2 rings (SSSR count). The van der Waals surface area contributed by atoms with E-state index in [2.05, 4.69) is 5.32 Å². The molecule has 0 aromatic carbocycles. The molecule has 0 radical (unpaired) electrons. The summed E-state index contributed by atoms with van der Waals surface area (Å²) in [5.74, 6) is 0.910. The SMILES string of the molecule is CC(C)n1cc(N)cc1C(=O)NCCCC1CC1. The van der Waals surface area contributed by atoms with E-state index in [4.69, 9.17) is 5.73 Å². The lowest BCUT2D eigenvalue weighted by atomic mass is 10.2. The summed E-state index contributed by atoms with van der Waals surface area (Å²) in [4.78, 5) is 12.1. The molecule has 1 heterocycles. The van der Waals surface area contributed by atoms with Crippen LogP contribution in [-0.2, 0) is 0 Å². The van der Waals surface area contributed by atoms with E-state index in [1.54, 1.807) is 6.07 Å². The first-order chi connectivity index (χ1) is 8.58. The highest BCUT2D eigenvalue weighted by atomic mass is 16.1.